The van der Waals surface area contributed by atoms with E-state index >= 15 is 0 Å². The van der Waals surface area contributed by atoms with Crippen LogP contribution in [0.3, 0.4) is 0 Å². The summed E-state index contributed by atoms with van der Waals surface area (Å²) in [5.41, 5.74) is 0. The van der Waals surface area contributed by atoms with E-state index in [-0.39, 0.29) is 11.8 Å². The average molecular weight is 248 g/mol. The van der Waals surface area contributed by atoms with Crippen LogP contribution in [0.1, 0.15) is 33.6 Å². The molecule has 16 heavy (non-hydrogen) atoms. The maximum absolute atomic E-state index is 11.9. The van der Waals surface area contributed by atoms with E-state index in [2.05, 4.69) is 5.32 Å². The van der Waals surface area contributed by atoms with Crippen molar-refractivity contribution < 1.29 is 8.42 Å². The fraction of sp³-hybridized carbons (Fsp3) is 1.00. The number of sulfonamides is 1. The first kappa shape index (κ1) is 13.9. The molecule has 0 aromatic carbocycles. The highest BCUT2D eigenvalue weighted by atomic mass is 32.2. The predicted octanol–water partition coefficient (Wildman–Crippen LogP) is 1.05. The summed E-state index contributed by atoms with van der Waals surface area (Å²) in [6, 6.07) is 0.0693. The lowest BCUT2D eigenvalue weighted by atomic mass is 9.98. The molecule has 0 aromatic rings. The molecule has 0 aromatic heterocycles. The Morgan fingerprint density at radius 2 is 1.88 bits per heavy atom. The normalized spacial score (nSPS) is 19.6. The van der Waals surface area contributed by atoms with E-state index in [1.165, 1.54) is 0 Å². The number of nitrogens with one attached hydrogen (secondary N) is 1. The van der Waals surface area contributed by atoms with Gasteiger partial charge < -0.3 is 5.32 Å². The molecule has 1 aliphatic heterocycles. The summed E-state index contributed by atoms with van der Waals surface area (Å²) in [6.45, 7) is 8.34. The van der Waals surface area contributed by atoms with E-state index in [1.54, 1.807) is 11.2 Å². The van der Waals surface area contributed by atoms with Gasteiger partial charge in [-0.25, -0.2) is 8.42 Å². The third-order valence-electron chi connectivity index (χ3n) is 3.19. The Morgan fingerprint density at radius 1 is 1.31 bits per heavy atom. The van der Waals surface area contributed by atoms with Crippen LogP contribution in [-0.2, 0) is 10.0 Å². The largest absolute Gasteiger partial charge is 0.317 e. The monoisotopic (exact) mass is 248 g/mol. The molecule has 0 atom stereocenters. The van der Waals surface area contributed by atoms with Gasteiger partial charge in [0.25, 0.3) is 0 Å². The summed E-state index contributed by atoms with van der Waals surface area (Å²) in [6.07, 6.45) is 2.17. The van der Waals surface area contributed by atoms with E-state index in [9.17, 15) is 8.42 Å². The highest BCUT2D eigenvalue weighted by molar-refractivity contribution is 7.89. The molecule has 0 spiro atoms. The third kappa shape index (κ3) is 3.71. The molecule has 4 nitrogen and oxygen atoms in total. The molecule has 0 bridgehead atoms. The molecular formula is C11H24N2O2S. The summed E-state index contributed by atoms with van der Waals surface area (Å²) in [5, 5.41) is 3.30. The lowest BCUT2D eigenvalue weighted by molar-refractivity contribution is 0.261. The molecule has 0 amide bonds. The Kier molecular flexibility index (Phi) is 5.21. The minimum absolute atomic E-state index is 0.0693. The molecule has 0 radical (unpaired) electrons. The van der Waals surface area contributed by atoms with Crippen molar-refractivity contribution >= 4 is 10.0 Å². The molecule has 0 aliphatic carbocycles. The maximum Gasteiger partial charge on any atom is 0.214 e. The van der Waals surface area contributed by atoms with Crippen LogP contribution in [0.5, 0.6) is 0 Å². The quantitative estimate of drug-likeness (QED) is 0.791. The zero-order valence-electron chi connectivity index (χ0n) is 10.6. The Bertz CT molecular complexity index is 295. The van der Waals surface area contributed by atoms with Gasteiger partial charge in [-0.1, -0.05) is 0 Å². The van der Waals surface area contributed by atoms with Gasteiger partial charge >= 0.3 is 0 Å². The number of hydrogen-bond acceptors (Lipinski definition) is 3. The summed E-state index contributed by atoms with van der Waals surface area (Å²) >= 11 is 0. The van der Waals surface area contributed by atoms with Crippen molar-refractivity contribution in [3.8, 4) is 0 Å². The Morgan fingerprint density at radius 3 is 2.31 bits per heavy atom. The first-order valence-electron chi connectivity index (χ1n) is 6.17. The van der Waals surface area contributed by atoms with Crippen LogP contribution in [0.15, 0.2) is 0 Å². The average Bonchev–Trinajstić information content (AvgIpc) is 2.26. The molecule has 1 saturated heterocycles. The minimum Gasteiger partial charge on any atom is -0.317 e. The van der Waals surface area contributed by atoms with Gasteiger partial charge in [0.05, 0.1) is 5.75 Å². The van der Waals surface area contributed by atoms with Gasteiger partial charge in [0.15, 0.2) is 0 Å². The first-order valence-corrected chi connectivity index (χ1v) is 7.78. The number of hydrogen-bond donors (Lipinski definition) is 1. The van der Waals surface area contributed by atoms with E-state index in [0.717, 1.165) is 25.9 Å². The number of rotatable bonds is 5. The minimum atomic E-state index is -3.05. The fourth-order valence-electron chi connectivity index (χ4n) is 2.13. The van der Waals surface area contributed by atoms with Crippen molar-refractivity contribution in [2.45, 2.75) is 39.7 Å². The van der Waals surface area contributed by atoms with Gasteiger partial charge in [-0.3, -0.25) is 0 Å². The summed E-state index contributed by atoms with van der Waals surface area (Å²) < 4.78 is 25.5. The third-order valence-corrected chi connectivity index (χ3v) is 5.21. The van der Waals surface area contributed by atoms with Gasteiger partial charge in [-0.15, -0.1) is 0 Å². The Balaban J connectivity index is 2.64. The molecule has 0 unspecified atom stereocenters. The van der Waals surface area contributed by atoms with E-state index < -0.39 is 10.0 Å². The molecule has 1 heterocycles. The molecule has 5 heteroatoms. The smallest absolute Gasteiger partial charge is 0.214 e. The first-order chi connectivity index (χ1) is 7.47. The van der Waals surface area contributed by atoms with Crippen LogP contribution in [0.2, 0.25) is 0 Å². The molecule has 1 N–H and O–H groups in total. The number of piperidine rings is 1. The van der Waals surface area contributed by atoms with Gasteiger partial charge in [0.2, 0.25) is 10.0 Å². The lowest BCUT2D eigenvalue weighted by Gasteiger charge is -2.31. The van der Waals surface area contributed by atoms with Crippen molar-refractivity contribution in [3.05, 3.63) is 0 Å². The van der Waals surface area contributed by atoms with Crippen molar-refractivity contribution in [2.75, 3.05) is 25.4 Å². The van der Waals surface area contributed by atoms with Gasteiger partial charge in [0, 0.05) is 12.6 Å². The van der Waals surface area contributed by atoms with Crippen LogP contribution in [0, 0.1) is 5.92 Å². The second-order valence-corrected chi connectivity index (χ2v) is 6.97. The second-order valence-electron chi connectivity index (χ2n) is 4.76. The molecule has 1 aliphatic rings. The van der Waals surface area contributed by atoms with Crippen molar-refractivity contribution in [1.82, 2.24) is 9.62 Å². The van der Waals surface area contributed by atoms with Crippen LogP contribution in [-0.4, -0.2) is 44.2 Å². The molecule has 0 saturated carbocycles. The zero-order valence-corrected chi connectivity index (χ0v) is 11.4. The SMILES string of the molecule is CCS(=O)(=O)N(CC1CCNCC1)C(C)C. The highest BCUT2D eigenvalue weighted by Gasteiger charge is 2.26. The van der Waals surface area contributed by atoms with Crippen LogP contribution in [0.25, 0.3) is 0 Å². The highest BCUT2D eigenvalue weighted by Crippen LogP contribution is 2.17. The van der Waals surface area contributed by atoms with E-state index in [4.69, 9.17) is 0 Å². The summed E-state index contributed by atoms with van der Waals surface area (Å²) in [5.74, 6) is 0.723. The Labute approximate surface area is 99.5 Å². The van der Waals surface area contributed by atoms with Crippen LogP contribution >= 0.6 is 0 Å². The lowest BCUT2D eigenvalue weighted by Crippen LogP contribution is -2.43. The predicted molar refractivity (Wildman–Crippen MR) is 66.9 cm³/mol. The van der Waals surface area contributed by atoms with Gasteiger partial charge in [-0.05, 0) is 52.6 Å². The van der Waals surface area contributed by atoms with Crippen molar-refractivity contribution in [1.29, 1.82) is 0 Å². The standard InChI is InChI=1S/C11H24N2O2S/c1-4-16(14,15)13(10(2)3)9-11-5-7-12-8-6-11/h10-12H,4-9H2,1-3H3. The summed E-state index contributed by atoms with van der Waals surface area (Å²) in [4.78, 5) is 0. The Hall–Kier alpha value is -0.130. The molecular weight excluding hydrogens is 224 g/mol. The van der Waals surface area contributed by atoms with Crippen LogP contribution in [0.4, 0.5) is 0 Å². The fourth-order valence-corrected chi connectivity index (χ4v) is 3.54. The van der Waals surface area contributed by atoms with E-state index in [1.807, 2.05) is 13.8 Å². The molecule has 1 fully saturated rings. The van der Waals surface area contributed by atoms with Crippen molar-refractivity contribution in [2.24, 2.45) is 5.92 Å². The molecule has 1 rings (SSSR count). The van der Waals surface area contributed by atoms with E-state index in [0.29, 0.717) is 12.5 Å². The zero-order chi connectivity index (χ0) is 12.2. The van der Waals surface area contributed by atoms with Gasteiger partial charge in [0.1, 0.15) is 0 Å². The molecule has 96 valence electrons. The second kappa shape index (κ2) is 5.98. The maximum atomic E-state index is 11.9. The van der Waals surface area contributed by atoms with Crippen molar-refractivity contribution in [3.63, 3.8) is 0 Å². The number of nitrogens with zero attached hydrogens (tertiary/aromatic N) is 1. The van der Waals surface area contributed by atoms with Gasteiger partial charge in [-0.2, -0.15) is 4.31 Å². The van der Waals surface area contributed by atoms with Crippen LogP contribution < -0.4 is 5.32 Å². The summed E-state index contributed by atoms with van der Waals surface area (Å²) in [7, 11) is -3.05. The topological polar surface area (TPSA) is 49.4 Å².